The van der Waals surface area contributed by atoms with Crippen molar-refractivity contribution in [3.05, 3.63) is 83.1 Å². The number of benzene rings is 1. The molecule has 0 bridgehead atoms. The lowest BCUT2D eigenvalue weighted by molar-refractivity contribution is -0.141. The maximum absolute atomic E-state index is 13.0. The van der Waals surface area contributed by atoms with Gasteiger partial charge in [-0.25, -0.2) is 0 Å². The lowest BCUT2D eigenvalue weighted by Gasteiger charge is -2.15. The highest BCUT2D eigenvalue weighted by atomic mass is 19.4. The maximum atomic E-state index is 13.0. The predicted octanol–water partition coefficient (Wildman–Crippen LogP) is 3.49. The van der Waals surface area contributed by atoms with E-state index in [1.165, 1.54) is 12.4 Å². The zero-order valence-electron chi connectivity index (χ0n) is 19.6. The molecule has 188 valence electrons. The van der Waals surface area contributed by atoms with Gasteiger partial charge in [0.15, 0.2) is 5.82 Å². The average Bonchev–Trinajstić information content (AvgIpc) is 3.48. The summed E-state index contributed by atoms with van der Waals surface area (Å²) in [6.45, 7) is -0.709. The van der Waals surface area contributed by atoms with Crippen LogP contribution in [0.25, 0.3) is 17.5 Å². The zero-order valence-corrected chi connectivity index (χ0v) is 19.6. The first kappa shape index (κ1) is 23.1. The van der Waals surface area contributed by atoms with Crippen molar-refractivity contribution in [3.8, 4) is 11.4 Å². The van der Waals surface area contributed by atoms with Crippen molar-refractivity contribution in [3.63, 3.8) is 0 Å². The Bertz CT molecular complexity index is 1600. The molecule has 1 aliphatic carbocycles. The van der Waals surface area contributed by atoms with Crippen LogP contribution in [-0.4, -0.2) is 42.9 Å². The molecule has 8 nitrogen and oxygen atoms in total. The van der Waals surface area contributed by atoms with Gasteiger partial charge in [0.2, 0.25) is 0 Å². The quantitative estimate of drug-likeness (QED) is 0.435. The van der Waals surface area contributed by atoms with E-state index in [4.69, 9.17) is 0 Å². The second kappa shape index (κ2) is 8.99. The van der Waals surface area contributed by atoms with Crippen LogP contribution in [0.15, 0.2) is 66.2 Å². The number of nitrogens with zero attached hydrogens (tertiary/aromatic N) is 6. The monoisotopic (exact) mass is 505 g/mol. The summed E-state index contributed by atoms with van der Waals surface area (Å²) in [7, 11) is 0. The van der Waals surface area contributed by atoms with Gasteiger partial charge in [0.25, 0.3) is 5.91 Å². The minimum atomic E-state index is -4.33. The number of carbonyl (C=O) groups is 1. The first-order chi connectivity index (χ1) is 17.8. The summed E-state index contributed by atoms with van der Waals surface area (Å²) in [6.07, 6.45) is 4.29. The van der Waals surface area contributed by atoms with Crippen molar-refractivity contribution < 1.29 is 18.0 Å². The molecule has 3 aromatic heterocycles. The number of hydrogen-bond acceptors (Lipinski definition) is 5. The third-order valence-corrected chi connectivity index (χ3v) is 6.49. The minimum Gasteiger partial charge on any atom is -0.337 e. The summed E-state index contributed by atoms with van der Waals surface area (Å²) < 4.78 is 42.1. The Hall–Kier alpha value is -4.28. The fraction of sp³-hybridized carbons (Fsp3) is 0.269. The van der Waals surface area contributed by atoms with Gasteiger partial charge in [-0.05, 0) is 54.8 Å². The van der Waals surface area contributed by atoms with Gasteiger partial charge in [0.05, 0.1) is 17.3 Å². The maximum Gasteiger partial charge on any atom is 0.406 e. The Morgan fingerprint density at radius 3 is 2.81 bits per heavy atom. The molecule has 6 rings (SSSR count). The molecule has 1 saturated carbocycles. The highest BCUT2D eigenvalue weighted by molar-refractivity contribution is 6.03. The molecule has 37 heavy (non-hydrogen) atoms. The number of nitrogens with one attached hydrogen (secondary N) is 1. The SMILES string of the molecule is O=C(Nc1cccc(-c2nncn2C2CC2)c1)c1cc(C2C=c3c(ccn3CC(F)(F)F)=NC2)ccn1. The summed E-state index contributed by atoms with van der Waals surface area (Å²) in [6, 6.07) is 12.8. The first-order valence-corrected chi connectivity index (χ1v) is 11.9. The van der Waals surface area contributed by atoms with Crippen LogP contribution in [0.4, 0.5) is 18.9 Å². The molecular formula is C26H22F3N7O. The molecule has 1 amide bonds. The number of anilines is 1. The van der Waals surface area contributed by atoms with Gasteiger partial charge in [-0.3, -0.25) is 14.8 Å². The Kier molecular flexibility index (Phi) is 5.62. The summed E-state index contributed by atoms with van der Waals surface area (Å²) in [5.41, 5.74) is 2.39. The van der Waals surface area contributed by atoms with Gasteiger partial charge in [-0.15, -0.1) is 10.2 Å². The fourth-order valence-electron chi connectivity index (χ4n) is 4.56. The first-order valence-electron chi connectivity index (χ1n) is 11.9. The molecular weight excluding hydrogens is 483 g/mol. The number of amides is 1. The Morgan fingerprint density at radius 1 is 1.14 bits per heavy atom. The van der Waals surface area contributed by atoms with Crippen molar-refractivity contribution in [1.29, 1.82) is 0 Å². The normalized spacial score (nSPS) is 17.0. The summed E-state index contributed by atoms with van der Waals surface area (Å²) in [4.78, 5) is 21.7. The van der Waals surface area contributed by atoms with Crippen molar-refractivity contribution in [2.45, 2.75) is 37.5 Å². The van der Waals surface area contributed by atoms with Crippen LogP contribution >= 0.6 is 0 Å². The van der Waals surface area contributed by atoms with Crippen LogP contribution in [0, 0.1) is 0 Å². The van der Waals surface area contributed by atoms with E-state index in [0.29, 0.717) is 29.0 Å². The molecule has 4 aromatic rings. The highest BCUT2D eigenvalue weighted by Gasteiger charge is 2.29. The smallest absolute Gasteiger partial charge is 0.337 e. The second-order valence-electron chi connectivity index (χ2n) is 9.25. The number of rotatable bonds is 6. The number of carbonyl (C=O) groups excluding carboxylic acids is 1. The number of pyridine rings is 1. The summed E-state index contributed by atoms with van der Waals surface area (Å²) >= 11 is 0. The molecule has 11 heteroatoms. The molecule has 1 N–H and O–H groups in total. The van der Waals surface area contributed by atoms with Crippen molar-refractivity contribution in [2.24, 2.45) is 4.99 Å². The molecule has 1 aliphatic heterocycles. The van der Waals surface area contributed by atoms with Gasteiger partial charge >= 0.3 is 6.18 Å². The molecule has 0 saturated heterocycles. The molecule has 1 fully saturated rings. The van der Waals surface area contributed by atoms with Crippen molar-refractivity contribution in [2.75, 3.05) is 11.9 Å². The van der Waals surface area contributed by atoms with Gasteiger partial charge in [0.1, 0.15) is 18.6 Å². The Balaban J connectivity index is 1.22. The van der Waals surface area contributed by atoms with E-state index in [0.717, 1.165) is 34.4 Å². The second-order valence-corrected chi connectivity index (χ2v) is 9.25. The van der Waals surface area contributed by atoms with Crippen molar-refractivity contribution in [1.82, 2.24) is 24.3 Å². The average molecular weight is 506 g/mol. The molecule has 1 unspecified atom stereocenters. The molecule has 2 aliphatic rings. The van der Waals surface area contributed by atoms with Gasteiger partial charge in [0, 0.05) is 35.6 Å². The largest absolute Gasteiger partial charge is 0.406 e. The van der Waals surface area contributed by atoms with Crippen LogP contribution in [0.2, 0.25) is 0 Å². The summed E-state index contributed by atoms with van der Waals surface area (Å²) in [5.74, 6) is 0.0857. The number of halogens is 3. The molecule has 1 atom stereocenters. The molecule has 0 spiro atoms. The number of aromatic nitrogens is 5. The van der Waals surface area contributed by atoms with Gasteiger partial charge in [-0.1, -0.05) is 12.1 Å². The molecule has 0 radical (unpaired) electrons. The Morgan fingerprint density at radius 2 is 2.00 bits per heavy atom. The molecule has 1 aromatic carbocycles. The number of fused-ring (bicyclic) bond motifs is 1. The van der Waals surface area contributed by atoms with Crippen LogP contribution < -0.4 is 16.0 Å². The van der Waals surface area contributed by atoms with E-state index in [9.17, 15) is 18.0 Å². The van der Waals surface area contributed by atoms with Crippen LogP contribution in [0.5, 0.6) is 0 Å². The van der Waals surface area contributed by atoms with Gasteiger partial charge in [-0.2, -0.15) is 13.2 Å². The van der Waals surface area contributed by atoms with Crippen LogP contribution in [0.1, 0.15) is 40.9 Å². The van der Waals surface area contributed by atoms with E-state index in [-0.39, 0.29) is 11.6 Å². The topological polar surface area (TPSA) is 90.0 Å². The number of alkyl halides is 3. The molecule has 4 heterocycles. The van der Waals surface area contributed by atoms with E-state index in [1.54, 1.807) is 36.7 Å². The fourth-order valence-corrected chi connectivity index (χ4v) is 4.56. The van der Waals surface area contributed by atoms with Crippen molar-refractivity contribution >= 4 is 17.7 Å². The van der Waals surface area contributed by atoms with Gasteiger partial charge < -0.3 is 14.5 Å². The van der Waals surface area contributed by atoms with Crippen LogP contribution in [-0.2, 0) is 6.54 Å². The minimum absolute atomic E-state index is 0.203. The lowest BCUT2D eigenvalue weighted by Crippen LogP contribution is -2.36. The zero-order chi connectivity index (χ0) is 25.6. The standard InChI is InChI=1S/C26H22F3N7O/c27-26(28,29)14-35-9-7-21-23(35)12-18(13-31-21)16-6-8-30-22(11-16)25(37)33-19-3-1-2-17(10-19)24-34-32-15-36(24)20-4-5-20/h1-3,6-12,15,18,20H,4-5,13-14H2,(H,33,37). The van der Waals surface area contributed by atoms with E-state index < -0.39 is 18.6 Å². The highest BCUT2D eigenvalue weighted by Crippen LogP contribution is 2.37. The lowest BCUT2D eigenvalue weighted by atomic mass is 9.97. The number of hydrogen-bond donors (Lipinski definition) is 1. The summed E-state index contributed by atoms with van der Waals surface area (Å²) in [5, 5.41) is 12.1. The predicted molar refractivity (Wildman–Crippen MR) is 129 cm³/mol. The van der Waals surface area contributed by atoms with Crippen LogP contribution in [0.3, 0.4) is 0 Å². The van der Waals surface area contributed by atoms with E-state index in [2.05, 4.69) is 25.5 Å². The van der Waals surface area contributed by atoms with E-state index >= 15 is 0 Å². The third kappa shape index (κ3) is 4.89. The Labute approximate surface area is 209 Å². The van der Waals surface area contributed by atoms with E-state index in [1.807, 2.05) is 22.8 Å². The third-order valence-electron chi connectivity index (χ3n) is 6.49.